The van der Waals surface area contributed by atoms with E-state index < -0.39 is 30.6 Å². The predicted octanol–water partition coefficient (Wildman–Crippen LogP) is 1.66. The summed E-state index contributed by atoms with van der Waals surface area (Å²) in [5, 5.41) is 16.7. The molecule has 0 spiro atoms. The maximum Gasteiger partial charge on any atom is 0.319 e. The van der Waals surface area contributed by atoms with E-state index in [0.29, 0.717) is 18.4 Å². The molecule has 24 heavy (non-hydrogen) atoms. The molecule has 1 aromatic carbocycles. The van der Waals surface area contributed by atoms with Crippen LogP contribution in [0.5, 0.6) is 0 Å². The van der Waals surface area contributed by atoms with Gasteiger partial charge < -0.3 is 25.9 Å². The molecule has 1 unspecified atom stereocenters. The number of rotatable bonds is 8. The summed E-state index contributed by atoms with van der Waals surface area (Å²) in [6.07, 6.45) is 1.11. The quantitative estimate of drug-likeness (QED) is 0.498. The molecule has 132 valence electrons. The van der Waals surface area contributed by atoms with E-state index in [9.17, 15) is 14.4 Å². The van der Waals surface area contributed by atoms with Crippen LogP contribution in [0.3, 0.4) is 0 Å². The van der Waals surface area contributed by atoms with Crippen LogP contribution < -0.4 is 16.0 Å². The van der Waals surface area contributed by atoms with Crippen LogP contribution >= 0.6 is 15.9 Å². The Kier molecular flexibility index (Phi) is 8.42. The number of anilines is 1. The highest BCUT2D eigenvalue weighted by molar-refractivity contribution is 9.10. The second kappa shape index (κ2) is 10.0. The van der Waals surface area contributed by atoms with Gasteiger partial charge in [0.15, 0.2) is 0 Å². The molecule has 0 fully saturated rings. The van der Waals surface area contributed by atoms with Gasteiger partial charge in [0, 0.05) is 10.2 Å². The van der Waals surface area contributed by atoms with Crippen molar-refractivity contribution in [2.45, 2.75) is 32.4 Å². The van der Waals surface area contributed by atoms with Crippen molar-refractivity contribution in [3.05, 3.63) is 28.7 Å². The van der Waals surface area contributed by atoms with Crippen molar-refractivity contribution in [2.24, 2.45) is 5.92 Å². The fraction of sp³-hybridized carbons (Fsp3) is 0.438. The Bertz CT molecular complexity index is 565. The number of urea groups is 1. The number of aliphatic hydroxyl groups is 1. The normalized spacial score (nSPS) is 14.2. The number of halogens is 1. The first-order valence-corrected chi connectivity index (χ1v) is 8.40. The zero-order valence-corrected chi connectivity index (χ0v) is 15.2. The second-order valence-electron chi connectivity index (χ2n) is 5.40. The summed E-state index contributed by atoms with van der Waals surface area (Å²) in [4.78, 5) is 35.1. The maximum absolute atomic E-state index is 12.3. The van der Waals surface area contributed by atoms with Gasteiger partial charge in [-0.2, -0.15) is 0 Å². The van der Waals surface area contributed by atoms with Crippen molar-refractivity contribution in [3.63, 3.8) is 0 Å². The number of aliphatic hydroxyl groups excluding tert-OH is 1. The molecule has 0 heterocycles. The lowest BCUT2D eigenvalue weighted by molar-refractivity contribution is -0.127. The Hall–Kier alpha value is -1.93. The molecule has 0 saturated heterocycles. The molecule has 3 amide bonds. The zero-order valence-electron chi connectivity index (χ0n) is 13.6. The number of benzene rings is 1. The van der Waals surface area contributed by atoms with Gasteiger partial charge in [-0.15, -0.1) is 0 Å². The number of hydrogen-bond acceptors (Lipinski definition) is 4. The van der Waals surface area contributed by atoms with Crippen molar-refractivity contribution < 1.29 is 19.5 Å². The molecule has 3 atom stereocenters. The van der Waals surface area contributed by atoms with Crippen LogP contribution in [0.2, 0.25) is 0 Å². The first kappa shape index (κ1) is 20.1. The van der Waals surface area contributed by atoms with E-state index in [2.05, 4.69) is 31.9 Å². The molecule has 0 saturated carbocycles. The van der Waals surface area contributed by atoms with E-state index in [-0.39, 0.29) is 5.92 Å². The maximum atomic E-state index is 12.3. The third-order valence-corrected chi connectivity index (χ3v) is 4.10. The molecule has 0 bridgehead atoms. The largest absolute Gasteiger partial charge is 0.394 e. The van der Waals surface area contributed by atoms with E-state index in [0.717, 1.165) is 4.47 Å². The van der Waals surface area contributed by atoms with Gasteiger partial charge in [0.1, 0.15) is 18.4 Å². The van der Waals surface area contributed by atoms with Gasteiger partial charge in [0.05, 0.1) is 6.61 Å². The Balaban J connectivity index is 2.74. The van der Waals surface area contributed by atoms with E-state index >= 15 is 0 Å². The Labute approximate surface area is 149 Å². The van der Waals surface area contributed by atoms with Crippen LogP contribution in [-0.2, 0) is 9.59 Å². The SMILES string of the molecule is CC[C@@H](C)[C@@H](NC(=O)Nc1ccc(Br)cc1)C(=O)NC(C=O)CO. The fourth-order valence-electron chi connectivity index (χ4n) is 1.94. The average Bonchev–Trinajstić information content (AvgIpc) is 2.58. The Morgan fingerprint density at radius 3 is 2.38 bits per heavy atom. The third kappa shape index (κ3) is 6.29. The predicted molar refractivity (Wildman–Crippen MR) is 94.6 cm³/mol. The number of carbonyl (C=O) groups excluding carboxylic acids is 3. The lowest BCUT2D eigenvalue weighted by Gasteiger charge is -2.24. The summed E-state index contributed by atoms with van der Waals surface area (Å²) in [5.74, 6) is -0.659. The van der Waals surface area contributed by atoms with Crippen molar-refractivity contribution >= 4 is 39.8 Å². The van der Waals surface area contributed by atoms with Gasteiger partial charge in [-0.25, -0.2) is 4.79 Å². The number of amides is 3. The highest BCUT2D eigenvalue weighted by Crippen LogP contribution is 2.14. The summed E-state index contributed by atoms with van der Waals surface area (Å²) in [6.45, 7) is 3.22. The molecule has 0 aliphatic carbocycles. The van der Waals surface area contributed by atoms with Crippen molar-refractivity contribution in [1.29, 1.82) is 0 Å². The lowest BCUT2D eigenvalue weighted by atomic mass is 9.98. The van der Waals surface area contributed by atoms with Crippen molar-refractivity contribution in [2.75, 3.05) is 11.9 Å². The molecule has 0 radical (unpaired) electrons. The van der Waals surface area contributed by atoms with E-state index in [1.54, 1.807) is 24.3 Å². The van der Waals surface area contributed by atoms with Gasteiger partial charge >= 0.3 is 6.03 Å². The topological polar surface area (TPSA) is 108 Å². The highest BCUT2D eigenvalue weighted by atomic mass is 79.9. The molecule has 1 aromatic rings. The summed E-state index contributed by atoms with van der Waals surface area (Å²) >= 11 is 3.31. The van der Waals surface area contributed by atoms with Gasteiger partial charge in [-0.3, -0.25) is 4.79 Å². The molecule has 8 heteroatoms. The minimum absolute atomic E-state index is 0.147. The first-order chi connectivity index (χ1) is 11.4. The first-order valence-electron chi connectivity index (χ1n) is 7.60. The number of hydrogen-bond donors (Lipinski definition) is 4. The van der Waals surface area contributed by atoms with Crippen LogP contribution in [0.25, 0.3) is 0 Å². The number of carbonyl (C=O) groups is 3. The standard InChI is InChI=1S/C16H22BrN3O4/c1-3-10(2)14(15(23)18-13(8-21)9-22)20-16(24)19-12-6-4-11(17)5-7-12/h4-8,10,13-14,22H,3,9H2,1-2H3,(H,18,23)(H2,19,20,24)/t10-,13?,14-/m1/s1. The van der Waals surface area contributed by atoms with Crippen molar-refractivity contribution in [1.82, 2.24) is 10.6 Å². The number of nitrogens with one attached hydrogen (secondary N) is 3. The third-order valence-electron chi connectivity index (χ3n) is 3.57. The van der Waals surface area contributed by atoms with Gasteiger partial charge in [0.2, 0.25) is 5.91 Å². The minimum atomic E-state index is -0.986. The van der Waals surface area contributed by atoms with Crippen LogP contribution in [0.4, 0.5) is 10.5 Å². The molecule has 0 aliphatic heterocycles. The molecule has 7 nitrogen and oxygen atoms in total. The van der Waals surface area contributed by atoms with Crippen LogP contribution in [0.15, 0.2) is 28.7 Å². The van der Waals surface area contributed by atoms with Crippen LogP contribution in [0.1, 0.15) is 20.3 Å². The zero-order chi connectivity index (χ0) is 18.1. The van der Waals surface area contributed by atoms with Gasteiger partial charge in [-0.05, 0) is 30.2 Å². The smallest absolute Gasteiger partial charge is 0.319 e. The molecule has 4 N–H and O–H groups in total. The highest BCUT2D eigenvalue weighted by Gasteiger charge is 2.27. The second-order valence-corrected chi connectivity index (χ2v) is 6.32. The summed E-state index contributed by atoms with van der Waals surface area (Å²) in [7, 11) is 0. The Morgan fingerprint density at radius 1 is 1.25 bits per heavy atom. The monoisotopic (exact) mass is 399 g/mol. The van der Waals surface area contributed by atoms with Crippen molar-refractivity contribution in [3.8, 4) is 0 Å². The Morgan fingerprint density at radius 2 is 1.88 bits per heavy atom. The van der Waals surface area contributed by atoms with E-state index in [1.807, 2.05) is 13.8 Å². The van der Waals surface area contributed by atoms with Crippen LogP contribution in [0, 0.1) is 5.92 Å². The summed E-state index contributed by atoms with van der Waals surface area (Å²) < 4.78 is 0.884. The lowest BCUT2D eigenvalue weighted by Crippen LogP contribution is -2.54. The van der Waals surface area contributed by atoms with Crippen LogP contribution in [-0.4, -0.2) is 42.0 Å². The van der Waals surface area contributed by atoms with E-state index in [4.69, 9.17) is 5.11 Å². The molecule has 1 rings (SSSR count). The van der Waals surface area contributed by atoms with Gasteiger partial charge in [-0.1, -0.05) is 36.2 Å². The molecular formula is C16H22BrN3O4. The molecule has 0 aromatic heterocycles. The summed E-state index contributed by atoms with van der Waals surface area (Å²) in [6, 6.07) is 4.67. The van der Waals surface area contributed by atoms with Gasteiger partial charge in [0.25, 0.3) is 0 Å². The molecule has 0 aliphatic rings. The number of aldehydes is 1. The fourth-order valence-corrected chi connectivity index (χ4v) is 2.20. The summed E-state index contributed by atoms with van der Waals surface area (Å²) in [5.41, 5.74) is 0.583. The minimum Gasteiger partial charge on any atom is -0.394 e. The molecular weight excluding hydrogens is 378 g/mol. The van der Waals surface area contributed by atoms with E-state index in [1.165, 1.54) is 0 Å². The average molecular weight is 400 g/mol.